The molecule has 8 heteroatoms. The first-order valence-corrected chi connectivity index (χ1v) is 8.85. The van der Waals surface area contributed by atoms with Crippen LogP contribution in [0.15, 0.2) is 59.9 Å². The standard InChI is InChI=1S/C17H17N3O4S/c1-23-14-7-8-16(24-2)17(9-14)25(21,22)20-13-5-3-12(4-6-13)15-10-18-11-19-15/h3-11,20H,1-2H3,(H,18,19). The van der Waals surface area contributed by atoms with Crippen molar-refractivity contribution in [3.05, 3.63) is 55.0 Å². The highest BCUT2D eigenvalue weighted by Gasteiger charge is 2.20. The molecule has 3 rings (SSSR count). The Kier molecular flexibility index (Phi) is 4.62. The second-order valence-corrected chi connectivity index (χ2v) is 6.82. The Bertz CT molecular complexity index is 952. The second kappa shape index (κ2) is 6.86. The van der Waals surface area contributed by atoms with Crippen LogP contribution in [0.3, 0.4) is 0 Å². The van der Waals surface area contributed by atoms with E-state index in [1.165, 1.54) is 20.3 Å². The summed E-state index contributed by atoms with van der Waals surface area (Å²) in [5.41, 5.74) is 2.19. The van der Waals surface area contributed by atoms with Gasteiger partial charge in [-0.15, -0.1) is 0 Å². The minimum Gasteiger partial charge on any atom is -0.497 e. The number of methoxy groups -OCH3 is 2. The van der Waals surface area contributed by atoms with Gasteiger partial charge in [0.1, 0.15) is 16.4 Å². The number of hydrogen-bond donors (Lipinski definition) is 2. The van der Waals surface area contributed by atoms with E-state index in [4.69, 9.17) is 9.47 Å². The van der Waals surface area contributed by atoms with Crippen LogP contribution in [0.1, 0.15) is 0 Å². The first-order valence-electron chi connectivity index (χ1n) is 7.37. The maximum atomic E-state index is 12.7. The summed E-state index contributed by atoms with van der Waals surface area (Å²) in [6, 6.07) is 11.6. The SMILES string of the molecule is COc1ccc(OC)c(S(=O)(=O)Nc2ccc(-c3cnc[nH]3)cc2)c1. The van der Waals surface area contributed by atoms with Gasteiger partial charge in [0.2, 0.25) is 0 Å². The van der Waals surface area contributed by atoms with Crippen LogP contribution in [0.2, 0.25) is 0 Å². The molecular formula is C17H17N3O4S. The van der Waals surface area contributed by atoms with E-state index < -0.39 is 10.0 Å². The topological polar surface area (TPSA) is 93.3 Å². The molecule has 0 bridgehead atoms. The second-order valence-electron chi connectivity index (χ2n) is 5.16. The number of nitrogens with zero attached hydrogens (tertiary/aromatic N) is 1. The Morgan fingerprint density at radius 3 is 2.40 bits per heavy atom. The molecule has 0 saturated heterocycles. The summed E-state index contributed by atoms with van der Waals surface area (Å²) >= 11 is 0. The molecule has 0 atom stereocenters. The first kappa shape index (κ1) is 16.8. The van der Waals surface area contributed by atoms with Crippen LogP contribution >= 0.6 is 0 Å². The Balaban J connectivity index is 1.89. The Hall–Kier alpha value is -3.00. The van der Waals surface area contributed by atoms with Gasteiger partial charge in [-0.1, -0.05) is 12.1 Å². The van der Waals surface area contributed by atoms with E-state index in [1.807, 2.05) is 0 Å². The van der Waals surface area contributed by atoms with Crippen LogP contribution in [0.5, 0.6) is 11.5 Å². The summed E-state index contributed by atoms with van der Waals surface area (Å²) in [5.74, 6) is 0.665. The fourth-order valence-electron chi connectivity index (χ4n) is 2.34. The third-order valence-corrected chi connectivity index (χ3v) is 5.01. The van der Waals surface area contributed by atoms with E-state index in [-0.39, 0.29) is 10.6 Å². The number of benzene rings is 2. The van der Waals surface area contributed by atoms with Gasteiger partial charge < -0.3 is 14.5 Å². The molecule has 1 heterocycles. The normalized spacial score (nSPS) is 11.1. The average Bonchev–Trinajstić information content (AvgIpc) is 3.16. The molecule has 1 aromatic heterocycles. The van der Waals surface area contributed by atoms with Gasteiger partial charge in [0, 0.05) is 11.8 Å². The summed E-state index contributed by atoms with van der Waals surface area (Å²) in [4.78, 5) is 6.96. The molecule has 0 spiro atoms. The van der Waals surface area contributed by atoms with Crippen molar-refractivity contribution in [1.29, 1.82) is 0 Å². The highest BCUT2D eigenvalue weighted by Crippen LogP contribution is 2.30. The van der Waals surface area contributed by atoms with Crippen LogP contribution in [0.25, 0.3) is 11.3 Å². The van der Waals surface area contributed by atoms with Crippen molar-refractivity contribution in [1.82, 2.24) is 9.97 Å². The molecule has 0 fully saturated rings. The van der Waals surface area contributed by atoms with Crippen molar-refractivity contribution < 1.29 is 17.9 Å². The quantitative estimate of drug-likeness (QED) is 0.706. The van der Waals surface area contributed by atoms with Crippen LogP contribution in [0, 0.1) is 0 Å². The van der Waals surface area contributed by atoms with Gasteiger partial charge in [-0.2, -0.15) is 0 Å². The zero-order chi connectivity index (χ0) is 17.9. The lowest BCUT2D eigenvalue weighted by atomic mass is 10.1. The summed E-state index contributed by atoms with van der Waals surface area (Å²) in [6.45, 7) is 0. The largest absolute Gasteiger partial charge is 0.497 e. The smallest absolute Gasteiger partial charge is 0.265 e. The van der Waals surface area contributed by atoms with Gasteiger partial charge in [0.25, 0.3) is 10.0 Å². The van der Waals surface area contributed by atoms with Crippen molar-refractivity contribution in [2.45, 2.75) is 4.90 Å². The highest BCUT2D eigenvalue weighted by atomic mass is 32.2. The third kappa shape index (κ3) is 3.58. The zero-order valence-corrected chi connectivity index (χ0v) is 14.5. The number of aromatic amines is 1. The zero-order valence-electron chi connectivity index (χ0n) is 13.7. The lowest BCUT2D eigenvalue weighted by molar-refractivity contribution is 0.392. The molecule has 3 aromatic rings. The summed E-state index contributed by atoms with van der Waals surface area (Å²) in [6.07, 6.45) is 3.28. The van der Waals surface area contributed by atoms with Crippen molar-refractivity contribution >= 4 is 15.7 Å². The summed E-state index contributed by atoms with van der Waals surface area (Å²) < 4.78 is 38.2. The number of sulfonamides is 1. The van der Waals surface area contributed by atoms with Crippen LogP contribution < -0.4 is 14.2 Å². The molecule has 2 aromatic carbocycles. The number of H-pyrrole nitrogens is 1. The predicted molar refractivity (Wildman–Crippen MR) is 94.4 cm³/mol. The molecule has 0 aliphatic carbocycles. The fraction of sp³-hybridized carbons (Fsp3) is 0.118. The van der Waals surface area contributed by atoms with Gasteiger partial charge in [0.15, 0.2) is 0 Å². The van der Waals surface area contributed by atoms with E-state index in [2.05, 4.69) is 14.7 Å². The minimum atomic E-state index is -3.83. The molecule has 0 amide bonds. The molecule has 0 aliphatic heterocycles. The summed E-state index contributed by atoms with van der Waals surface area (Å²) in [5, 5.41) is 0. The number of hydrogen-bond acceptors (Lipinski definition) is 5. The molecular weight excluding hydrogens is 342 g/mol. The maximum absolute atomic E-state index is 12.7. The molecule has 130 valence electrons. The number of aromatic nitrogens is 2. The first-order chi connectivity index (χ1) is 12.0. The van der Waals surface area contributed by atoms with E-state index in [1.54, 1.807) is 48.9 Å². The monoisotopic (exact) mass is 359 g/mol. The molecule has 0 unspecified atom stereocenters. The molecule has 7 nitrogen and oxygen atoms in total. The Morgan fingerprint density at radius 2 is 1.80 bits per heavy atom. The number of anilines is 1. The Labute approximate surface area is 145 Å². The molecule has 0 aliphatic rings. The van der Waals surface area contributed by atoms with Crippen molar-refractivity contribution in [2.75, 3.05) is 18.9 Å². The number of rotatable bonds is 6. The van der Waals surface area contributed by atoms with Crippen LogP contribution in [-0.4, -0.2) is 32.6 Å². The molecule has 2 N–H and O–H groups in total. The van der Waals surface area contributed by atoms with Gasteiger partial charge in [-0.05, 0) is 29.8 Å². The van der Waals surface area contributed by atoms with Crippen molar-refractivity contribution in [2.24, 2.45) is 0 Å². The van der Waals surface area contributed by atoms with Crippen molar-refractivity contribution in [3.63, 3.8) is 0 Å². The molecule has 25 heavy (non-hydrogen) atoms. The van der Waals surface area contributed by atoms with Crippen LogP contribution in [0.4, 0.5) is 5.69 Å². The fourth-order valence-corrected chi connectivity index (χ4v) is 3.58. The number of ether oxygens (including phenoxy) is 2. The van der Waals surface area contributed by atoms with Crippen molar-refractivity contribution in [3.8, 4) is 22.8 Å². The molecule has 0 saturated carbocycles. The Morgan fingerprint density at radius 1 is 1.04 bits per heavy atom. The average molecular weight is 359 g/mol. The summed E-state index contributed by atoms with van der Waals surface area (Å²) in [7, 11) is -0.942. The maximum Gasteiger partial charge on any atom is 0.265 e. The predicted octanol–water partition coefficient (Wildman–Crippen LogP) is 2.89. The van der Waals surface area contributed by atoms with E-state index in [9.17, 15) is 8.42 Å². The van der Waals surface area contributed by atoms with Crippen LogP contribution in [-0.2, 0) is 10.0 Å². The minimum absolute atomic E-state index is 0.00648. The lowest BCUT2D eigenvalue weighted by Gasteiger charge is -2.13. The molecule has 0 radical (unpaired) electrons. The van der Waals surface area contributed by atoms with E-state index in [0.717, 1.165) is 11.3 Å². The van der Waals surface area contributed by atoms with E-state index >= 15 is 0 Å². The van der Waals surface area contributed by atoms with Gasteiger partial charge >= 0.3 is 0 Å². The lowest BCUT2D eigenvalue weighted by Crippen LogP contribution is -2.14. The van der Waals surface area contributed by atoms with E-state index in [0.29, 0.717) is 11.4 Å². The third-order valence-electron chi connectivity index (χ3n) is 3.61. The van der Waals surface area contributed by atoms with Gasteiger partial charge in [-0.25, -0.2) is 13.4 Å². The highest BCUT2D eigenvalue weighted by molar-refractivity contribution is 7.92. The van der Waals surface area contributed by atoms with Gasteiger partial charge in [0.05, 0.1) is 32.4 Å². The van der Waals surface area contributed by atoms with Gasteiger partial charge in [-0.3, -0.25) is 4.72 Å². The number of nitrogens with one attached hydrogen (secondary N) is 2. The number of imidazole rings is 1.